The molecule has 2 N–H and O–H groups in total. The molecule has 0 aliphatic heterocycles. The summed E-state index contributed by atoms with van der Waals surface area (Å²) in [5.41, 5.74) is 7.35. The van der Waals surface area contributed by atoms with E-state index in [2.05, 4.69) is 3.21 Å². The molecule has 0 heterocycles. The van der Waals surface area contributed by atoms with E-state index >= 15 is 0 Å². The van der Waals surface area contributed by atoms with E-state index in [9.17, 15) is 0 Å². The normalized spacial score (nSPS) is 10.5. The largest absolute Gasteiger partial charge is 0.398 e. The van der Waals surface area contributed by atoms with Gasteiger partial charge in [-0.25, -0.2) is 3.21 Å². The summed E-state index contributed by atoms with van der Waals surface area (Å²) < 4.78 is 3.83. The molecule has 0 aliphatic carbocycles. The number of anilines is 1. The summed E-state index contributed by atoms with van der Waals surface area (Å²) in [5.74, 6) is 0. The average Bonchev–Trinajstić information content (AvgIpc) is 1.94. The van der Waals surface area contributed by atoms with Gasteiger partial charge in [0, 0.05) is 17.5 Å². The van der Waals surface area contributed by atoms with Crippen molar-refractivity contribution in [1.82, 2.24) is 0 Å². The van der Waals surface area contributed by atoms with Gasteiger partial charge < -0.3 is 5.73 Å². The maximum absolute atomic E-state index is 5.61. The third-order valence-corrected chi connectivity index (χ3v) is 1.46. The highest BCUT2D eigenvalue weighted by Crippen LogP contribution is 2.07. The van der Waals surface area contributed by atoms with Crippen molar-refractivity contribution in [3.05, 3.63) is 29.8 Å². The summed E-state index contributed by atoms with van der Waals surface area (Å²) in [6.07, 6.45) is 1.73. The van der Waals surface area contributed by atoms with Crippen LogP contribution in [-0.4, -0.2) is 6.21 Å². The Morgan fingerprint density at radius 1 is 1.40 bits per heavy atom. The van der Waals surface area contributed by atoms with Gasteiger partial charge in [-0.15, -0.1) is 0 Å². The predicted octanol–water partition coefficient (Wildman–Crippen LogP) is 2.04. The van der Waals surface area contributed by atoms with Crippen molar-refractivity contribution in [3.63, 3.8) is 0 Å². The molecule has 0 saturated carbocycles. The Kier molecular flexibility index (Phi) is 2.68. The number of benzene rings is 1. The lowest BCUT2D eigenvalue weighted by Crippen LogP contribution is -1.90. The zero-order valence-electron chi connectivity index (χ0n) is 5.29. The lowest BCUT2D eigenvalue weighted by Gasteiger charge is -1.95. The molecule has 0 aromatic heterocycles. The van der Waals surface area contributed by atoms with Crippen molar-refractivity contribution >= 4 is 34.8 Å². The van der Waals surface area contributed by atoms with Gasteiger partial charge in [0.15, 0.2) is 0 Å². The van der Waals surface area contributed by atoms with Crippen LogP contribution in [0.2, 0.25) is 0 Å². The molecule has 1 rings (SSSR count). The van der Waals surface area contributed by atoms with Gasteiger partial charge in [0.05, 0.1) is 22.9 Å². The first-order chi connectivity index (χ1) is 4.84. The first-order valence-electron chi connectivity index (χ1n) is 2.83. The molecule has 52 valence electrons. The summed E-state index contributed by atoms with van der Waals surface area (Å²) in [7, 11) is 0. The van der Waals surface area contributed by atoms with Gasteiger partial charge in [0.2, 0.25) is 0 Å². The molecule has 0 atom stereocenters. The quantitative estimate of drug-likeness (QED) is 0.459. The molecule has 0 aliphatic rings. The van der Waals surface area contributed by atoms with Crippen molar-refractivity contribution in [3.8, 4) is 0 Å². The van der Waals surface area contributed by atoms with Gasteiger partial charge in [-0.2, -0.15) is 0 Å². The van der Waals surface area contributed by atoms with Crippen LogP contribution in [0, 0.1) is 0 Å². The number of nitrogen functional groups attached to an aromatic ring is 1. The Labute approximate surface area is 73.6 Å². The zero-order chi connectivity index (χ0) is 7.40. The van der Waals surface area contributed by atoms with Gasteiger partial charge in [-0.05, 0) is 6.07 Å². The van der Waals surface area contributed by atoms with E-state index in [-0.39, 0.29) is 0 Å². The van der Waals surface area contributed by atoms with E-state index in [1.807, 2.05) is 47.1 Å². The molecule has 0 saturated heterocycles. The second kappa shape index (κ2) is 3.55. The van der Waals surface area contributed by atoms with Crippen molar-refractivity contribution in [2.45, 2.75) is 0 Å². The fraction of sp³-hybridized carbons (Fsp3) is 0. The van der Waals surface area contributed by atoms with E-state index in [1.165, 1.54) is 0 Å². The third kappa shape index (κ3) is 1.70. The predicted molar refractivity (Wildman–Crippen MR) is 52.5 cm³/mol. The van der Waals surface area contributed by atoms with Crippen LogP contribution >= 0.6 is 22.9 Å². The Hall–Kier alpha value is -0.580. The van der Waals surface area contributed by atoms with Crippen LogP contribution in [0.4, 0.5) is 5.69 Å². The van der Waals surface area contributed by atoms with Crippen LogP contribution in [0.15, 0.2) is 27.5 Å². The van der Waals surface area contributed by atoms with Crippen LogP contribution in [0.3, 0.4) is 0 Å². The molecule has 0 radical (unpaired) electrons. The Bertz CT molecular complexity index is 245. The molecule has 10 heavy (non-hydrogen) atoms. The SMILES string of the molecule is Nc1ccccc1C=NI. The smallest absolute Gasteiger partial charge is 0.0831 e. The fourth-order valence-corrected chi connectivity index (χ4v) is 0.981. The van der Waals surface area contributed by atoms with Crippen molar-refractivity contribution < 1.29 is 0 Å². The minimum Gasteiger partial charge on any atom is -0.398 e. The minimum atomic E-state index is 0.767. The monoisotopic (exact) mass is 246 g/mol. The lowest BCUT2D eigenvalue weighted by molar-refractivity contribution is 1.65. The summed E-state index contributed by atoms with van der Waals surface area (Å²) in [6, 6.07) is 7.62. The molecule has 0 unspecified atom stereocenters. The van der Waals surface area contributed by atoms with Crippen molar-refractivity contribution in [2.75, 3.05) is 5.73 Å². The lowest BCUT2D eigenvalue weighted by atomic mass is 10.2. The van der Waals surface area contributed by atoms with Crippen LogP contribution in [-0.2, 0) is 0 Å². The van der Waals surface area contributed by atoms with E-state index in [1.54, 1.807) is 6.21 Å². The van der Waals surface area contributed by atoms with Gasteiger partial charge >= 0.3 is 0 Å². The molecular formula is C7H7IN2. The number of para-hydroxylation sites is 1. The standard InChI is InChI=1S/C7H7IN2/c8-10-5-6-3-1-2-4-7(6)9/h1-5H,9H2. The van der Waals surface area contributed by atoms with E-state index in [4.69, 9.17) is 5.73 Å². The molecule has 0 bridgehead atoms. The molecule has 2 nitrogen and oxygen atoms in total. The maximum atomic E-state index is 5.61. The van der Waals surface area contributed by atoms with Crippen LogP contribution in [0.1, 0.15) is 5.56 Å². The highest BCUT2D eigenvalue weighted by molar-refractivity contribution is 14.1. The molecule has 0 spiro atoms. The van der Waals surface area contributed by atoms with Crippen molar-refractivity contribution in [2.24, 2.45) is 3.21 Å². The number of rotatable bonds is 1. The first-order valence-corrected chi connectivity index (χ1v) is 3.80. The van der Waals surface area contributed by atoms with Crippen LogP contribution in [0.5, 0.6) is 0 Å². The summed E-state index contributed by atoms with van der Waals surface area (Å²) in [6.45, 7) is 0. The van der Waals surface area contributed by atoms with E-state index in [0.29, 0.717) is 0 Å². The van der Waals surface area contributed by atoms with Gasteiger partial charge in [0.25, 0.3) is 0 Å². The summed E-state index contributed by atoms with van der Waals surface area (Å²) in [4.78, 5) is 0. The van der Waals surface area contributed by atoms with Crippen LogP contribution in [0.25, 0.3) is 0 Å². The highest BCUT2D eigenvalue weighted by atomic mass is 127. The van der Waals surface area contributed by atoms with Crippen LogP contribution < -0.4 is 5.73 Å². The number of halogens is 1. The Balaban J connectivity index is 3.03. The van der Waals surface area contributed by atoms with E-state index in [0.717, 1.165) is 11.3 Å². The Morgan fingerprint density at radius 3 is 2.70 bits per heavy atom. The number of hydrogen-bond donors (Lipinski definition) is 1. The minimum absolute atomic E-state index is 0.767. The average molecular weight is 246 g/mol. The number of nitrogens with two attached hydrogens (primary N) is 1. The molecular weight excluding hydrogens is 239 g/mol. The highest BCUT2D eigenvalue weighted by Gasteiger charge is 1.90. The summed E-state index contributed by atoms with van der Waals surface area (Å²) >= 11 is 1.92. The Morgan fingerprint density at radius 2 is 2.10 bits per heavy atom. The topological polar surface area (TPSA) is 38.4 Å². The van der Waals surface area contributed by atoms with Crippen molar-refractivity contribution in [1.29, 1.82) is 0 Å². The molecule has 0 fully saturated rings. The van der Waals surface area contributed by atoms with Gasteiger partial charge in [-0.3, -0.25) is 0 Å². The third-order valence-electron chi connectivity index (χ3n) is 1.18. The summed E-state index contributed by atoms with van der Waals surface area (Å²) in [5, 5.41) is 0. The van der Waals surface area contributed by atoms with Gasteiger partial charge in [-0.1, -0.05) is 18.2 Å². The molecule has 1 aromatic carbocycles. The second-order valence-electron chi connectivity index (χ2n) is 1.86. The number of nitrogens with zero attached hydrogens (tertiary/aromatic N) is 1. The second-order valence-corrected chi connectivity index (χ2v) is 2.41. The first kappa shape index (κ1) is 7.53. The zero-order valence-corrected chi connectivity index (χ0v) is 7.45. The maximum Gasteiger partial charge on any atom is 0.0831 e. The molecule has 1 aromatic rings. The molecule has 0 amide bonds. The van der Waals surface area contributed by atoms with Gasteiger partial charge in [0.1, 0.15) is 0 Å². The van der Waals surface area contributed by atoms with E-state index < -0.39 is 0 Å². The molecule has 3 heteroatoms. The fourth-order valence-electron chi connectivity index (χ4n) is 0.681. The number of hydrogen-bond acceptors (Lipinski definition) is 2.